The summed E-state index contributed by atoms with van der Waals surface area (Å²) in [4.78, 5) is 35.8. The Bertz CT molecular complexity index is 349. The highest BCUT2D eigenvalue weighted by Gasteiger charge is 2.28. The van der Waals surface area contributed by atoms with Gasteiger partial charge in [-0.2, -0.15) is 0 Å². The highest BCUT2D eigenvalue weighted by atomic mass is 16.5. The predicted octanol–water partition coefficient (Wildman–Crippen LogP) is -0.0640. The van der Waals surface area contributed by atoms with E-state index < -0.39 is 31.1 Å². The Hall–Kier alpha value is -1.83. The van der Waals surface area contributed by atoms with Crippen LogP contribution in [0.15, 0.2) is 0 Å². The number of aliphatic carboxylic acids is 2. The maximum atomic E-state index is 12.1. The number of methoxy groups -OCH3 is 1. The lowest BCUT2D eigenvalue weighted by Gasteiger charge is -2.34. The summed E-state index contributed by atoms with van der Waals surface area (Å²) in [7, 11) is 1.62. The van der Waals surface area contributed by atoms with Gasteiger partial charge in [0.2, 0.25) is 0 Å². The van der Waals surface area contributed by atoms with Gasteiger partial charge in [0.05, 0.1) is 0 Å². The Morgan fingerprint density at radius 1 is 1.15 bits per heavy atom. The molecule has 8 heteroatoms. The molecule has 0 radical (unpaired) electrons. The Morgan fingerprint density at radius 3 is 2.05 bits per heavy atom. The zero-order valence-corrected chi connectivity index (χ0v) is 11.4. The number of carbonyl (C=O) groups is 3. The Labute approximate surface area is 116 Å². The average molecular weight is 288 g/mol. The number of amides is 2. The summed E-state index contributed by atoms with van der Waals surface area (Å²) in [6.45, 7) is 0.396. The third kappa shape index (κ3) is 5.04. The van der Waals surface area contributed by atoms with Gasteiger partial charge in [-0.25, -0.2) is 4.79 Å². The minimum Gasteiger partial charge on any atom is -0.480 e. The van der Waals surface area contributed by atoms with Gasteiger partial charge in [0, 0.05) is 26.8 Å². The molecule has 0 spiro atoms. The molecule has 1 fully saturated rings. The van der Waals surface area contributed by atoms with E-state index in [2.05, 4.69) is 0 Å². The summed E-state index contributed by atoms with van der Waals surface area (Å²) in [6.07, 6.45) is 1.54. The van der Waals surface area contributed by atoms with Crippen LogP contribution in [-0.4, -0.2) is 77.9 Å². The van der Waals surface area contributed by atoms with Gasteiger partial charge in [0.1, 0.15) is 13.1 Å². The first-order valence-electron chi connectivity index (χ1n) is 6.40. The first-order valence-corrected chi connectivity index (χ1v) is 6.40. The van der Waals surface area contributed by atoms with Gasteiger partial charge in [-0.3, -0.25) is 9.59 Å². The second-order valence-electron chi connectivity index (χ2n) is 4.81. The lowest BCUT2D eigenvalue weighted by molar-refractivity contribution is -0.140. The average Bonchev–Trinajstić information content (AvgIpc) is 2.37. The van der Waals surface area contributed by atoms with Crippen LogP contribution in [0.4, 0.5) is 4.79 Å². The molecule has 0 saturated carbocycles. The Balaban J connectivity index is 2.57. The summed E-state index contributed by atoms with van der Waals surface area (Å²) in [5.41, 5.74) is 0. The first kappa shape index (κ1) is 16.2. The first-order chi connectivity index (χ1) is 9.43. The second-order valence-corrected chi connectivity index (χ2v) is 4.81. The number of carbonyl (C=O) groups excluding carboxylic acids is 1. The molecule has 0 atom stereocenters. The number of likely N-dealkylation sites (tertiary alicyclic amines) is 1. The molecule has 8 nitrogen and oxygen atoms in total. The third-order valence-corrected chi connectivity index (χ3v) is 3.21. The molecule has 1 aliphatic rings. The van der Waals surface area contributed by atoms with E-state index in [-0.39, 0.29) is 0 Å². The van der Waals surface area contributed by atoms with E-state index in [0.29, 0.717) is 25.6 Å². The summed E-state index contributed by atoms with van der Waals surface area (Å²) < 4.78 is 5.06. The number of carboxylic acid groups (broad SMARTS) is 2. The number of rotatable bonds is 6. The molecule has 0 aromatic carbocycles. The van der Waals surface area contributed by atoms with Crippen molar-refractivity contribution in [3.05, 3.63) is 0 Å². The van der Waals surface area contributed by atoms with E-state index in [1.807, 2.05) is 0 Å². The molecule has 20 heavy (non-hydrogen) atoms. The van der Waals surface area contributed by atoms with Gasteiger partial charge in [0.25, 0.3) is 0 Å². The predicted molar refractivity (Wildman–Crippen MR) is 68.4 cm³/mol. The summed E-state index contributed by atoms with van der Waals surface area (Å²) in [5, 5.41) is 17.5. The highest BCUT2D eigenvalue weighted by molar-refractivity contribution is 5.84. The number of hydrogen-bond acceptors (Lipinski definition) is 4. The van der Waals surface area contributed by atoms with E-state index in [0.717, 1.165) is 17.7 Å². The van der Waals surface area contributed by atoms with Crippen LogP contribution in [0.3, 0.4) is 0 Å². The minimum absolute atomic E-state index is 0.386. The number of carboxylic acids is 2. The molecule has 1 heterocycles. The lowest BCUT2D eigenvalue weighted by atomic mass is 9.98. The van der Waals surface area contributed by atoms with Gasteiger partial charge in [-0.1, -0.05) is 0 Å². The van der Waals surface area contributed by atoms with Gasteiger partial charge in [-0.05, 0) is 18.8 Å². The molecule has 0 bridgehead atoms. The monoisotopic (exact) mass is 288 g/mol. The number of piperidine rings is 1. The molecule has 2 amide bonds. The van der Waals surface area contributed by atoms with E-state index in [9.17, 15) is 14.4 Å². The molecule has 1 rings (SSSR count). The number of ether oxygens (including phenoxy) is 1. The molecule has 0 aromatic heterocycles. The van der Waals surface area contributed by atoms with Crippen molar-refractivity contribution in [3.8, 4) is 0 Å². The minimum atomic E-state index is -1.23. The molecule has 0 aliphatic carbocycles. The van der Waals surface area contributed by atoms with Crippen molar-refractivity contribution in [2.24, 2.45) is 5.92 Å². The van der Waals surface area contributed by atoms with E-state index in [1.165, 1.54) is 4.90 Å². The fourth-order valence-electron chi connectivity index (χ4n) is 2.24. The molecular weight excluding hydrogens is 268 g/mol. The van der Waals surface area contributed by atoms with Gasteiger partial charge >= 0.3 is 18.0 Å². The highest BCUT2D eigenvalue weighted by Crippen LogP contribution is 2.18. The van der Waals surface area contributed by atoms with Crippen LogP contribution in [0.2, 0.25) is 0 Å². The van der Waals surface area contributed by atoms with Crippen LogP contribution in [0, 0.1) is 5.92 Å². The SMILES string of the molecule is COCC1CCN(C(=O)N(CC(=O)O)CC(=O)O)CC1. The standard InChI is InChI=1S/C12H20N2O6/c1-20-8-9-2-4-13(5-3-9)12(19)14(6-10(15)16)7-11(17)18/h9H,2-8H2,1H3,(H,15,16)(H,17,18). The van der Waals surface area contributed by atoms with Crippen LogP contribution < -0.4 is 0 Å². The zero-order chi connectivity index (χ0) is 15.1. The molecule has 114 valence electrons. The largest absolute Gasteiger partial charge is 0.480 e. The summed E-state index contributed by atoms with van der Waals surface area (Å²) >= 11 is 0. The van der Waals surface area contributed by atoms with Crippen LogP contribution in [-0.2, 0) is 14.3 Å². The Kier molecular flexibility index (Phi) is 6.23. The molecule has 1 saturated heterocycles. The zero-order valence-electron chi connectivity index (χ0n) is 11.4. The van der Waals surface area contributed by atoms with Gasteiger partial charge in [0.15, 0.2) is 0 Å². The third-order valence-electron chi connectivity index (χ3n) is 3.21. The van der Waals surface area contributed by atoms with Crippen molar-refractivity contribution in [2.45, 2.75) is 12.8 Å². The van der Waals surface area contributed by atoms with Crippen molar-refractivity contribution < 1.29 is 29.3 Å². The lowest BCUT2D eigenvalue weighted by Crippen LogP contribution is -2.50. The van der Waals surface area contributed by atoms with E-state index in [4.69, 9.17) is 14.9 Å². The maximum absolute atomic E-state index is 12.1. The normalized spacial score (nSPS) is 15.9. The molecular formula is C12H20N2O6. The fraction of sp³-hybridized carbons (Fsp3) is 0.750. The van der Waals surface area contributed by atoms with Crippen molar-refractivity contribution in [1.29, 1.82) is 0 Å². The smallest absolute Gasteiger partial charge is 0.323 e. The quantitative estimate of drug-likeness (QED) is 0.708. The number of urea groups is 1. The van der Waals surface area contributed by atoms with Crippen LogP contribution in [0.25, 0.3) is 0 Å². The number of nitrogens with zero attached hydrogens (tertiary/aromatic N) is 2. The van der Waals surface area contributed by atoms with E-state index in [1.54, 1.807) is 7.11 Å². The fourth-order valence-corrected chi connectivity index (χ4v) is 2.24. The Morgan fingerprint density at radius 2 is 1.65 bits per heavy atom. The molecule has 1 aliphatic heterocycles. The van der Waals surface area contributed by atoms with Crippen LogP contribution in [0.1, 0.15) is 12.8 Å². The van der Waals surface area contributed by atoms with Gasteiger partial charge < -0.3 is 24.7 Å². The maximum Gasteiger partial charge on any atom is 0.323 e. The van der Waals surface area contributed by atoms with Crippen molar-refractivity contribution in [1.82, 2.24) is 9.80 Å². The second kappa shape index (κ2) is 7.68. The molecule has 2 N–H and O–H groups in total. The van der Waals surface area contributed by atoms with Crippen molar-refractivity contribution in [3.63, 3.8) is 0 Å². The summed E-state index contributed by atoms with van der Waals surface area (Å²) in [6, 6.07) is -0.536. The number of hydrogen-bond donors (Lipinski definition) is 2. The molecule has 0 unspecified atom stereocenters. The van der Waals surface area contributed by atoms with Gasteiger partial charge in [-0.15, -0.1) is 0 Å². The summed E-state index contributed by atoms with van der Waals surface area (Å²) in [5.74, 6) is -2.07. The van der Waals surface area contributed by atoms with Crippen molar-refractivity contribution >= 4 is 18.0 Å². The van der Waals surface area contributed by atoms with Crippen LogP contribution >= 0.6 is 0 Å². The van der Waals surface area contributed by atoms with Crippen LogP contribution in [0.5, 0.6) is 0 Å². The van der Waals surface area contributed by atoms with E-state index >= 15 is 0 Å². The van der Waals surface area contributed by atoms with Crippen molar-refractivity contribution in [2.75, 3.05) is 39.9 Å². The molecule has 0 aromatic rings. The topological polar surface area (TPSA) is 107 Å².